The summed E-state index contributed by atoms with van der Waals surface area (Å²) in [7, 11) is 0. The number of para-hydroxylation sites is 1. The Balaban J connectivity index is 2.01. The lowest BCUT2D eigenvalue weighted by molar-refractivity contribution is 0.750. The van der Waals surface area contributed by atoms with Gasteiger partial charge in [0.05, 0.1) is 11.9 Å². The summed E-state index contributed by atoms with van der Waals surface area (Å²) < 4.78 is 0. The van der Waals surface area contributed by atoms with Gasteiger partial charge in [0.1, 0.15) is 0 Å². The highest BCUT2D eigenvalue weighted by molar-refractivity contribution is 7.99. The standard InChI is InChI=1S/C17H20N2S/c1-14(2)13-20-17-11-7-6-8-15(17)12-18-19-16-9-4-3-5-10-16/h3-12,14,19H,13H2,1-2H3. The van der Waals surface area contributed by atoms with Gasteiger partial charge in [0.2, 0.25) is 0 Å². The van der Waals surface area contributed by atoms with Gasteiger partial charge in [0, 0.05) is 16.2 Å². The van der Waals surface area contributed by atoms with Crippen molar-refractivity contribution in [1.29, 1.82) is 0 Å². The Kier molecular flexibility index (Phi) is 5.69. The zero-order chi connectivity index (χ0) is 14.2. The number of hydrogen-bond acceptors (Lipinski definition) is 3. The Bertz CT molecular complexity index is 550. The van der Waals surface area contributed by atoms with Crippen molar-refractivity contribution in [2.45, 2.75) is 18.7 Å². The van der Waals surface area contributed by atoms with E-state index in [-0.39, 0.29) is 0 Å². The summed E-state index contributed by atoms with van der Waals surface area (Å²) in [6, 6.07) is 18.3. The predicted octanol–water partition coefficient (Wildman–Crippen LogP) is 4.88. The number of anilines is 1. The molecule has 2 aromatic rings. The number of thioether (sulfide) groups is 1. The van der Waals surface area contributed by atoms with E-state index in [9.17, 15) is 0 Å². The minimum absolute atomic E-state index is 0.687. The Morgan fingerprint density at radius 3 is 2.50 bits per heavy atom. The van der Waals surface area contributed by atoms with E-state index in [4.69, 9.17) is 0 Å². The summed E-state index contributed by atoms with van der Waals surface area (Å²) in [5.74, 6) is 1.81. The summed E-state index contributed by atoms with van der Waals surface area (Å²) in [5.41, 5.74) is 5.20. The summed E-state index contributed by atoms with van der Waals surface area (Å²) in [5, 5.41) is 4.31. The lowest BCUT2D eigenvalue weighted by atomic mass is 10.2. The van der Waals surface area contributed by atoms with Crippen molar-refractivity contribution in [2.24, 2.45) is 11.0 Å². The maximum atomic E-state index is 4.31. The van der Waals surface area contributed by atoms with Gasteiger partial charge in [-0.2, -0.15) is 5.10 Å². The van der Waals surface area contributed by atoms with Gasteiger partial charge in [-0.3, -0.25) is 5.43 Å². The zero-order valence-corrected chi connectivity index (χ0v) is 12.7. The Morgan fingerprint density at radius 2 is 1.75 bits per heavy atom. The normalized spacial score (nSPS) is 11.2. The Morgan fingerprint density at radius 1 is 1.05 bits per heavy atom. The fourth-order valence-electron chi connectivity index (χ4n) is 1.66. The van der Waals surface area contributed by atoms with Gasteiger partial charge in [0.15, 0.2) is 0 Å². The van der Waals surface area contributed by atoms with Crippen LogP contribution in [-0.4, -0.2) is 12.0 Å². The molecule has 0 aromatic heterocycles. The minimum Gasteiger partial charge on any atom is -0.279 e. The van der Waals surface area contributed by atoms with Crippen molar-refractivity contribution in [1.82, 2.24) is 0 Å². The molecule has 1 N–H and O–H groups in total. The average Bonchev–Trinajstić information content (AvgIpc) is 2.47. The molecule has 0 spiro atoms. The predicted molar refractivity (Wildman–Crippen MR) is 89.7 cm³/mol. The van der Waals surface area contributed by atoms with Crippen LogP contribution in [0.3, 0.4) is 0 Å². The van der Waals surface area contributed by atoms with Crippen LogP contribution in [0.4, 0.5) is 5.69 Å². The highest BCUT2D eigenvalue weighted by Crippen LogP contribution is 2.23. The second kappa shape index (κ2) is 7.75. The number of hydrazone groups is 1. The smallest absolute Gasteiger partial charge is 0.0561 e. The molecule has 3 heteroatoms. The average molecular weight is 284 g/mol. The molecule has 0 heterocycles. The van der Waals surface area contributed by atoms with Gasteiger partial charge < -0.3 is 0 Å². The largest absolute Gasteiger partial charge is 0.279 e. The van der Waals surface area contributed by atoms with Crippen molar-refractivity contribution in [3.05, 3.63) is 60.2 Å². The van der Waals surface area contributed by atoms with Crippen LogP contribution in [0, 0.1) is 5.92 Å². The maximum absolute atomic E-state index is 4.31. The molecule has 0 aliphatic carbocycles. The third-order valence-corrected chi connectivity index (χ3v) is 4.18. The van der Waals surface area contributed by atoms with E-state index in [0.717, 1.165) is 17.0 Å². The van der Waals surface area contributed by atoms with Gasteiger partial charge in [-0.05, 0) is 24.1 Å². The zero-order valence-electron chi connectivity index (χ0n) is 11.9. The van der Waals surface area contributed by atoms with Gasteiger partial charge in [-0.1, -0.05) is 50.2 Å². The molecule has 0 amide bonds. The van der Waals surface area contributed by atoms with Crippen molar-refractivity contribution in [3.63, 3.8) is 0 Å². The summed E-state index contributed by atoms with van der Waals surface area (Å²) >= 11 is 1.88. The van der Waals surface area contributed by atoms with Gasteiger partial charge in [0.25, 0.3) is 0 Å². The van der Waals surface area contributed by atoms with E-state index >= 15 is 0 Å². The molecule has 104 valence electrons. The molecular weight excluding hydrogens is 264 g/mol. The number of benzene rings is 2. The lowest BCUT2D eigenvalue weighted by Gasteiger charge is -2.07. The molecule has 0 fully saturated rings. The molecular formula is C17H20N2S. The van der Waals surface area contributed by atoms with Gasteiger partial charge >= 0.3 is 0 Å². The van der Waals surface area contributed by atoms with Crippen LogP contribution >= 0.6 is 11.8 Å². The number of rotatable bonds is 6. The molecule has 0 unspecified atom stereocenters. The molecule has 0 aliphatic heterocycles. The quantitative estimate of drug-likeness (QED) is 0.464. The number of nitrogens with zero attached hydrogens (tertiary/aromatic N) is 1. The second-order valence-electron chi connectivity index (χ2n) is 4.98. The first-order valence-corrected chi connectivity index (χ1v) is 7.80. The maximum Gasteiger partial charge on any atom is 0.0561 e. The third kappa shape index (κ3) is 4.74. The lowest BCUT2D eigenvalue weighted by Crippen LogP contribution is -1.94. The van der Waals surface area contributed by atoms with Crippen LogP contribution in [0.5, 0.6) is 0 Å². The third-order valence-electron chi connectivity index (χ3n) is 2.66. The van der Waals surface area contributed by atoms with Crippen LogP contribution in [0.25, 0.3) is 0 Å². The summed E-state index contributed by atoms with van der Waals surface area (Å²) in [4.78, 5) is 1.28. The van der Waals surface area contributed by atoms with Crippen molar-refractivity contribution < 1.29 is 0 Å². The Labute approximate surface area is 125 Å². The van der Waals surface area contributed by atoms with Crippen molar-refractivity contribution in [2.75, 3.05) is 11.2 Å². The first kappa shape index (κ1) is 14.7. The first-order chi connectivity index (χ1) is 9.75. The van der Waals surface area contributed by atoms with Gasteiger partial charge in [-0.25, -0.2) is 0 Å². The second-order valence-corrected chi connectivity index (χ2v) is 6.04. The molecule has 0 saturated carbocycles. The van der Waals surface area contributed by atoms with E-state index in [1.165, 1.54) is 4.90 Å². The minimum atomic E-state index is 0.687. The van der Waals surface area contributed by atoms with Crippen molar-refractivity contribution in [3.8, 4) is 0 Å². The van der Waals surface area contributed by atoms with E-state index in [0.29, 0.717) is 5.92 Å². The molecule has 2 aromatic carbocycles. The fraction of sp³-hybridized carbons (Fsp3) is 0.235. The van der Waals surface area contributed by atoms with Crippen molar-refractivity contribution >= 4 is 23.7 Å². The van der Waals surface area contributed by atoms with Gasteiger partial charge in [-0.15, -0.1) is 11.8 Å². The van der Waals surface area contributed by atoms with Crippen LogP contribution in [0.1, 0.15) is 19.4 Å². The first-order valence-electron chi connectivity index (χ1n) is 6.81. The monoisotopic (exact) mass is 284 g/mol. The van der Waals surface area contributed by atoms with Crippen LogP contribution in [0.15, 0.2) is 64.6 Å². The van der Waals surface area contributed by atoms with E-state index in [1.54, 1.807) is 0 Å². The SMILES string of the molecule is CC(C)CSc1ccccc1C=NNc1ccccc1. The highest BCUT2D eigenvalue weighted by atomic mass is 32.2. The summed E-state index contributed by atoms with van der Waals surface area (Å²) in [6.07, 6.45) is 1.88. The Hall–Kier alpha value is -1.74. The molecule has 0 atom stereocenters. The van der Waals surface area contributed by atoms with E-state index in [2.05, 4.69) is 42.6 Å². The van der Waals surface area contributed by atoms with E-state index in [1.807, 2.05) is 54.4 Å². The number of hydrogen-bond donors (Lipinski definition) is 1. The molecule has 0 radical (unpaired) electrons. The number of nitrogens with one attached hydrogen (secondary N) is 1. The molecule has 0 bridgehead atoms. The fourth-order valence-corrected chi connectivity index (χ4v) is 2.64. The molecule has 2 rings (SSSR count). The van der Waals surface area contributed by atoms with Crippen LogP contribution in [-0.2, 0) is 0 Å². The molecule has 20 heavy (non-hydrogen) atoms. The molecule has 0 saturated heterocycles. The topological polar surface area (TPSA) is 24.4 Å². The van der Waals surface area contributed by atoms with E-state index < -0.39 is 0 Å². The van der Waals surface area contributed by atoms with Crippen LogP contribution in [0.2, 0.25) is 0 Å². The molecule has 2 nitrogen and oxygen atoms in total. The summed E-state index contributed by atoms with van der Waals surface area (Å²) in [6.45, 7) is 4.47. The highest BCUT2D eigenvalue weighted by Gasteiger charge is 2.01. The van der Waals surface area contributed by atoms with Crippen LogP contribution < -0.4 is 5.43 Å². The molecule has 0 aliphatic rings.